The first-order valence-corrected chi connectivity index (χ1v) is 6.77. The molecule has 1 aromatic carbocycles. The highest BCUT2D eigenvalue weighted by Gasteiger charge is 2.29. The maximum absolute atomic E-state index is 12.2. The van der Waals surface area contributed by atoms with E-state index < -0.39 is 6.04 Å². The van der Waals surface area contributed by atoms with Crippen LogP contribution in [0.3, 0.4) is 0 Å². The lowest BCUT2D eigenvalue weighted by atomic mass is 10.0. The molecule has 2 rings (SSSR count). The monoisotopic (exact) mass is 262 g/mol. The molecule has 0 radical (unpaired) electrons. The zero-order valence-electron chi connectivity index (χ0n) is 11.6. The van der Waals surface area contributed by atoms with E-state index in [9.17, 15) is 4.79 Å². The molecule has 0 bridgehead atoms. The number of carbonyl (C=O) groups is 1. The Bertz CT molecular complexity index is 430. The van der Waals surface area contributed by atoms with Crippen LogP contribution in [0, 0.1) is 6.92 Å². The summed E-state index contributed by atoms with van der Waals surface area (Å²) in [6.07, 6.45) is 3.17. The van der Waals surface area contributed by atoms with Crippen molar-refractivity contribution in [1.82, 2.24) is 5.32 Å². The molecule has 1 aromatic rings. The van der Waals surface area contributed by atoms with Gasteiger partial charge >= 0.3 is 0 Å². The van der Waals surface area contributed by atoms with Crippen molar-refractivity contribution in [3.05, 3.63) is 35.4 Å². The second kappa shape index (κ2) is 6.17. The molecule has 1 saturated carbocycles. The van der Waals surface area contributed by atoms with Crippen LogP contribution < -0.4 is 11.1 Å². The summed E-state index contributed by atoms with van der Waals surface area (Å²) >= 11 is 0. The highest BCUT2D eigenvalue weighted by atomic mass is 16.5. The maximum atomic E-state index is 12.2. The highest BCUT2D eigenvalue weighted by molar-refractivity contribution is 5.83. The van der Waals surface area contributed by atoms with Crippen LogP contribution in [0.25, 0.3) is 0 Å². The number of nitrogens with two attached hydrogens (primary N) is 1. The van der Waals surface area contributed by atoms with Crippen molar-refractivity contribution in [2.24, 2.45) is 5.73 Å². The number of benzene rings is 1. The summed E-state index contributed by atoms with van der Waals surface area (Å²) in [6, 6.07) is 7.23. The Morgan fingerprint density at radius 3 is 2.68 bits per heavy atom. The molecule has 3 unspecified atom stereocenters. The Morgan fingerprint density at radius 2 is 2.05 bits per heavy atom. The van der Waals surface area contributed by atoms with Crippen LogP contribution >= 0.6 is 0 Å². The number of amides is 1. The molecular weight excluding hydrogens is 240 g/mol. The minimum atomic E-state index is -0.612. The van der Waals surface area contributed by atoms with Crippen molar-refractivity contribution in [2.75, 3.05) is 7.11 Å². The van der Waals surface area contributed by atoms with E-state index in [-0.39, 0.29) is 18.1 Å². The molecule has 104 valence electrons. The predicted molar refractivity (Wildman–Crippen MR) is 74.7 cm³/mol. The smallest absolute Gasteiger partial charge is 0.241 e. The van der Waals surface area contributed by atoms with Gasteiger partial charge in [-0.3, -0.25) is 4.79 Å². The Hall–Kier alpha value is -1.39. The van der Waals surface area contributed by atoms with Gasteiger partial charge in [0.05, 0.1) is 12.1 Å². The van der Waals surface area contributed by atoms with Crippen LogP contribution in [0.5, 0.6) is 0 Å². The molecule has 1 aliphatic rings. The van der Waals surface area contributed by atoms with Gasteiger partial charge in [-0.05, 0) is 31.7 Å². The van der Waals surface area contributed by atoms with Gasteiger partial charge < -0.3 is 15.8 Å². The van der Waals surface area contributed by atoms with Gasteiger partial charge in [0.25, 0.3) is 0 Å². The zero-order valence-corrected chi connectivity index (χ0v) is 11.6. The minimum absolute atomic E-state index is 0.0917. The molecule has 0 spiro atoms. The van der Waals surface area contributed by atoms with Gasteiger partial charge in [0.15, 0.2) is 0 Å². The Labute approximate surface area is 114 Å². The third-order valence-corrected chi connectivity index (χ3v) is 3.80. The van der Waals surface area contributed by atoms with Gasteiger partial charge in [0.1, 0.15) is 6.04 Å². The quantitative estimate of drug-likeness (QED) is 0.867. The van der Waals surface area contributed by atoms with Crippen molar-refractivity contribution in [3.8, 4) is 0 Å². The zero-order chi connectivity index (χ0) is 13.8. The highest BCUT2D eigenvalue weighted by Crippen LogP contribution is 2.22. The van der Waals surface area contributed by atoms with Gasteiger partial charge in [-0.2, -0.15) is 0 Å². The molecule has 0 aliphatic heterocycles. The van der Waals surface area contributed by atoms with Crippen molar-refractivity contribution in [2.45, 2.75) is 44.4 Å². The fourth-order valence-corrected chi connectivity index (χ4v) is 2.57. The standard InChI is InChI=1S/C15H22N2O2/c1-10-6-8-11(9-7-10)14(16)15(18)17-12-4-3-5-13(12)19-2/h6-9,12-14H,3-5,16H2,1-2H3,(H,17,18). The molecule has 1 fully saturated rings. The fourth-order valence-electron chi connectivity index (χ4n) is 2.57. The third-order valence-electron chi connectivity index (χ3n) is 3.80. The lowest BCUT2D eigenvalue weighted by Crippen LogP contribution is -2.44. The Morgan fingerprint density at radius 1 is 1.37 bits per heavy atom. The lowest BCUT2D eigenvalue weighted by Gasteiger charge is -2.22. The van der Waals surface area contributed by atoms with Gasteiger partial charge in [0, 0.05) is 7.11 Å². The van der Waals surface area contributed by atoms with Gasteiger partial charge in [-0.25, -0.2) is 0 Å². The normalized spacial score (nSPS) is 24.2. The molecule has 0 heterocycles. The van der Waals surface area contributed by atoms with E-state index >= 15 is 0 Å². The van der Waals surface area contributed by atoms with Gasteiger partial charge in [0.2, 0.25) is 5.91 Å². The fraction of sp³-hybridized carbons (Fsp3) is 0.533. The Balaban J connectivity index is 1.97. The second-order valence-electron chi connectivity index (χ2n) is 5.21. The molecule has 4 heteroatoms. The average molecular weight is 262 g/mol. The van der Waals surface area contributed by atoms with E-state index in [1.807, 2.05) is 31.2 Å². The van der Waals surface area contributed by atoms with Crippen molar-refractivity contribution >= 4 is 5.91 Å². The molecule has 0 aromatic heterocycles. The van der Waals surface area contributed by atoms with Crippen LogP contribution in [0.4, 0.5) is 0 Å². The summed E-state index contributed by atoms with van der Waals surface area (Å²) in [5.74, 6) is -0.127. The van der Waals surface area contributed by atoms with Crippen LogP contribution in [-0.4, -0.2) is 25.2 Å². The number of nitrogens with one attached hydrogen (secondary N) is 1. The predicted octanol–water partition coefficient (Wildman–Crippen LogP) is 1.68. The lowest BCUT2D eigenvalue weighted by molar-refractivity contribution is -0.124. The summed E-state index contributed by atoms with van der Waals surface area (Å²) in [5.41, 5.74) is 8.00. The van der Waals surface area contributed by atoms with E-state index in [2.05, 4.69) is 5.32 Å². The van der Waals surface area contributed by atoms with Gasteiger partial charge in [-0.1, -0.05) is 29.8 Å². The summed E-state index contributed by atoms with van der Waals surface area (Å²) in [7, 11) is 1.69. The van der Waals surface area contributed by atoms with Crippen LogP contribution in [0.1, 0.15) is 36.4 Å². The molecule has 1 aliphatic carbocycles. The first-order valence-electron chi connectivity index (χ1n) is 6.77. The number of carbonyl (C=O) groups excluding carboxylic acids is 1. The number of aryl methyl sites for hydroxylation is 1. The maximum Gasteiger partial charge on any atom is 0.241 e. The molecule has 1 amide bonds. The summed E-state index contributed by atoms with van der Waals surface area (Å²) in [6.45, 7) is 2.01. The number of hydrogen-bond acceptors (Lipinski definition) is 3. The molecule has 4 nitrogen and oxygen atoms in total. The number of methoxy groups -OCH3 is 1. The van der Waals surface area contributed by atoms with Crippen molar-refractivity contribution in [1.29, 1.82) is 0 Å². The molecule has 3 N–H and O–H groups in total. The number of rotatable bonds is 4. The minimum Gasteiger partial charge on any atom is -0.379 e. The Kier molecular flexibility index (Phi) is 4.56. The first-order chi connectivity index (χ1) is 9.11. The van der Waals surface area contributed by atoms with E-state index in [0.717, 1.165) is 30.4 Å². The van der Waals surface area contributed by atoms with Crippen LogP contribution in [0.2, 0.25) is 0 Å². The molecule has 19 heavy (non-hydrogen) atoms. The van der Waals surface area contributed by atoms with E-state index in [1.54, 1.807) is 7.11 Å². The van der Waals surface area contributed by atoms with E-state index in [1.165, 1.54) is 0 Å². The third kappa shape index (κ3) is 3.33. The van der Waals surface area contributed by atoms with Crippen LogP contribution in [0.15, 0.2) is 24.3 Å². The van der Waals surface area contributed by atoms with Crippen molar-refractivity contribution in [3.63, 3.8) is 0 Å². The summed E-state index contributed by atoms with van der Waals surface area (Å²) in [5, 5.41) is 3.00. The molecular formula is C15H22N2O2. The molecule has 3 atom stereocenters. The summed E-state index contributed by atoms with van der Waals surface area (Å²) < 4.78 is 5.37. The molecule has 0 saturated heterocycles. The van der Waals surface area contributed by atoms with E-state index in [4.69, 9.17) is 10.5 Å². The number of hydrogen-bond donors (Lipinski definition) is 2. The number of ether oxygens (including phenoxy) is 1. The topological polar surface area (TPSA) is 64.3 Å². The van der Waals surface area contributed by atoms with Crippen LogP contribution in [-0.2, 0) is 9.53 Å². The largest absolute Gasteiger partial charge is 0.379 e. The second-order valence-corrected chi connectivity index (χ2v) is 5.21. The first kappa shape index (κ1) is 14.0. The van der Waals surface area contributed by atoms with Gasteiger partial charge in [-0.15, -0.1) is 0 Å². The van der Waals surface area contributed by atoms with Crippen molar-refractivity contribution < 1.29 is 9.53 Å². The SMILES string of the molecule is COC1CCCC1NC(=O)C(N)c1ccc(C)cc1. The average Bonchev–Trinajstić information content (AvgIpc) is 2.86. The summed E-state index contributed by atoms with van der Waals surface area (Å²) in [4.78, 5) is 12.2. The van der Waals surface area contributed by atoms with E-state index in [0.29, 0.717) is 0 Å².